The minimum absolute atomic E-state index is 0.401. The molecule has 1 amide bonds. The lowest BCUT2D eigenvalue weighted by Gasteiger charge is -2.45. The zero-order valence-electron chi connectivity index (χ0n) is 11.4. The third-order valence-electron chi connectivity index (χ3n) is 4.83. The first-order valence-electron chi connectivity index (χ1n) is 7.57. The summed E-state index contributed by atoms with van der Waals surface area (Å²) in [7, 11) is 0. The zero-order valence-corrected chi connectivity index (χ0v) is 11.4. The van der Waals surface area contributed by atoms with Crippen LogP contribution in [0.15, 0.2) is 0 Å². The van der Waals surface area contributed by atoms with E-state index in [0.717, 1.165) is 32.6 Å². The minimum atomic E-state index is 0.401. The first kappa shape index (κ1) is 12.4. The number of nitrogens with zero attached hydrogens (tertiary/aromatic N) is 2. The van der Waals surface area contributed by atoms with Gasteiger partial charge >= 0.3 is 0 Å². The number of piperidine rings is 1. The Labute approximate surface area is 110 Å². The van der Waals surface area contributed by atoms with Crippen molar-refractivity contribution < 1.29 is 4.79 Å². The van der Waals surface area contributed by atoms with Crippen LogP contribution in [0.4, 0.5) is 0 Å². The van der Waals surface area contributed by atoms with E-state index >= 15 is 0 Å². The lowest BCUT2D eigenvalue weighted by atomic mass is 9.95. The van der Waals surface area contributed by atoms with E-state index in [0.29, 0.717) is 24.0 Å². The number of rotatable bonds is 4. The van der Waals surface area contributed by atoms with E-state index in [1.54, 1.807) is 0 Å². The highest BCUT2D eigenvalue weighted by Crippen LogP contribution is 2.32. The molecule has 0 aromatic carbocycles. The third-order valence-corrected chi connectivity index (χ3v) is 4.83. The van der Waals surface area contributed by atoms with Crippen LogP contribution in [0.5, 0.6) is 0 Å². The maximum Gasteiger partial charge on any atom is 0.224 e. The fraction of sp³-hybridized carbons (Fsp3) is 0.929. The molecule has 0 spiro atoms. The van der Waals surface area contributed by atoms with E-state index in [-0.39, 0.29) is 0 Å². The summed E-state index contributed by atoms with van der Waals surface area (Å²) in [4.78, 5) is 16.9. The van der Waals surface area contributed by atoms with Gasteiger partial charge in [0.15, 0.2) is 0 Å². The van der Waals surface area contributed by atoms with Gasteiger partial charge in [-0.3, -0.25) is 9.69 Å². The Morgan fingerprint density at radius 1 is 1.39 bits per heavy atom. The Hall–Kier alpha value is -0.610. The number of amides is 1. The first-order valence-corrected chi connectivity index (χ1v) is 7.57. The van der Waals surface area contributed by atoms with Crippen molar-refractivity contribution >= 4 is 5.91 Å². The third kappa shape index (κ3) is 2.05. The lowest BCUT2D eigenvalue weighted by Crippen LogP contribution is -2.62. The Morgan fingerprint density at radius 3 is 2.89 bits per heavy atom. The minimum Gasteiger partial charge on any atom is -0.338 e. The molecule has 2 atom stereocenters. The lowest BCUT2D eigenvalue weighted by molar-refractivity contribution is -0.129. The predicted molar refractivity (Wildman–Crippen MR) is 71.4 cm³/mol. The molecular weight excluding hydrogens is 226 g/mol. The van der Waals surface area contributed by atoms with Gasteiger partial charge < -0.3 is 10.2 Å². The highest BCUT2D eigenvalue weighted by molar-refractivity contribution is 5.80. The predicted octanol–water partition coefficient (Wildman–Crippen LogP) is 0.824. The van der Waals surface area contributed by atoms with Gasteiger partial charge in [-0.25, -0.2) is 0 Å². The number of carbonyl (C=O) groups is 1. The van der Waals surface area contributed by atoms with Crippen LogP contribution in [0.3, 0.4) is 0 Å². The zero-order chi connectivity index (χ0) is 12.5. The van der Waals surface area contributed by atoms with Crippen LogP contribution in [-0.2, 0) is 4.79 Å². The Bertz CT molecular complexity index is 316. The topological polar surface area (TPSA) is 35.6 Å². The van der Waals surface area contributed by atoms with E-state index in [1.807, 2.05) is 0 Å². The second-order valence-electron chi connectivity index (χ2n) is 5.97. The molecule has 4 nitrogen and oxygen atoms in total. The standard InChI is InChI=1S/C14H25N3O/c1-2-6-16(11-9-15-10-11)13-8-14(18)17-7-4-3-5-12(13)17/h11-13,15H,2-10H2,1H3. The van der Waals surface area contributed by atoms with Crippen LogP contribution in [0, 0.1) is 0 Å². The molecule has 2 unspecified atom stereocenters. The Kier molecular flexibility index (Phi) is 3.57. The molecule has 3 fully saturated rings. The molecule has 3 saturated heterocycles. The number of hydrogen-bond donors (Lipinski definition) is 1. The van der Waals surface area contributed by atoms with Gasteiger partial charge in [-0.05, 0) is 32.2 Å². The van der Waals surface area contributed by atoms with Crippen LogP contribution in [0.1, 0.15) is 39.0 Å². The fourth-order valence-electron chi connectivity index (χ4n) is 3.82. The summed E-state index contributed by atoms with van der Waals surface area (Å²) in [5.41, 5.74) is 0. The monoisotopic (exact) mass is 251 g/mol. The fourth-order valence-corrected chi connectivity index (χ4v) is 3.82. The molecule has 0 radical (unpaired) electrons. The van der Waals surface area contributed by atoms with E-state index in [4.69, 9.17) is 0 Å². The molecule has 102 valence electrons. The van der Waals surface area contributed by atoms with E-state index in [2.05, 4.69) is 22.0 Å². The number of carbonyl (C=O) groups excluding carboxylic acids is 1. The highest BCUT2D eigenvalue weighted by atomic mass is 16.2. The average Bonchev–Trinajstić information content (AvgIpc) is 2.65. The van der Waals surface area contributed by atoms with Crippen molar-refractivity contribution in [3.63, 3.8) is 0 Å². The van der Waals surface area contributed by atoms with Crippen molar-refractivity contribution in [1.82, 2.24) is 15.1 Å². The summed E-state index contributed by atoms with van der Waals surface area (Å²) in [5.74, 6) is 0.401. The van der Waals surface area contributed by atoms with Gasteiger partial charge in [0.1, 0.15) is 0 Å². The van der Waals surface area contributed by atoms with Gasteiger partial charge in [0.05, 0.1) is 0 Å². The van der Waals surface area contributed by atoms with Gasteiger partial charge in [-0.1, -0.05) is 6.92 Å². The molecule has 0 bridgehead atoms. The van der Waals surface area contributed by atoms with Gasteiger partial charge in [0, 0.05) is 44.2 Å². The van der Waals surface area contributed by atoms with E-state index in [1.165, 1.54) is 25.7 Å². The van der Waals surface area contributed by atoms with Crippen LogP contribution >= 0.6 is 0 Å². The summed E-state index contributed by atoms with van der Waals surface area (Å²) in [6, 6.07) is 1.67. The average molecular weight is 251 g/mol. The molecule has 0 saturated carbocycles. The van der Waals surface area contributed by atoms with Crippen LogP contribution in [-0.4, -0.2) is 60.0 Å². The molecule has 4 heteroatoms. The number of hydrogen-bond acceptors (Lipinski definition) is 3. The van der Waals surface area contributed by atoms with Crippen molar-refractivity contribution in [2.75, 3.05) is 26.2 Å². The highest BCUT2D eigenvalue weighted by Gasteiger charge is 2.45. The van der Waals surface area contributed by atoms with Gasteiger partial charge in [0.25, 0.3) is 0 Å². The summed E-state index contributed by atoms with van der Waals surface area (Å²) >= 11 is 0. The summed E-state index contributed by atoms with van der Waals surface area (Å²) < 4.78 is 0. The second-order valence-corrected chi connectivity index (χ2v) is 5.97. The van der Waals surface area contributed by atoms with Crippen molar-refractivity contribution in [2.45, 2.75) is 57.2 Å². The van der Waals surface area contributed by atoms with Crippen molar-refractivity contribution in [1.29, 1.82) is 0 Å². The van der Waals surface area contributed by atoms with Crippen LogP contribution in [0.25, 0.3) is 0 Å². The quantitative estimate of drug-likeness (QED) is 0.803. The molecule has 3 rings (SSSR count). The molecule has 3 heterocycles. The van der Waals surface area contributed by atoms with Crippen LogP contribution < -0.4 is 5.32 Å². The van der Waals surface area contributed by atoms with E-state index in [9.17, 15) is 4.79 Å². The number of fused-ring (bicyclic) bond motifs is 1. The molecule has 0 aliphatic carbocycles. The van der Waals surface area contributed by atoms with Gasteiger partial charge in [0.2, 0.25) is 5.91 Å². The largest absolute Gasteiger partial charge is 0.338 e. The van der Waals surface area contributed by atoms with Crippen LogP contribution in [0.2, 0.25) is 0 Å². The molecule has 1 N–H and O–H groups in total. The normalized spacial score (nSPS) is 32.8. The summed E-state index contributed by atoms with van der Waals surface area (Å²) in [6.07, 6.45) is 5.67. The van der Waals surface area contributed by atoms with Crippen molar-refractivity contribution in [2.24, 2.45) is 0 Å². The molecule has 0 aromatic heterocycles. The molecule has 0 aromatic rings. The molecular formula is C14H25N3O. The van der Waals surface area contributed by atoms with E-state index < -0.39 is 0 Å². The number of nitrogens with one attached hydrogen (secondary N) is 1. The van der Waals surface area contributed by atoms with Gasteiger partial charge in [-0.2, -0.15) is 0 Å². The Morgan fingerprint density at radius 2 is 2.22 bits per heavy atom. The molecule has 3 aliphatic heterocycles. The maximum absolute atomic E-state index is 12.1. The maximum atomic E-state index is 12.1. The summed E-state index contributed by atoms with van der Waals surface area (Å²) in [5, 5.41) is 3.37. The smallest absolute Gasteiger partial charge is 0.224 e. The second kappa shape index (κ2) is 5.17. The Balaban J connectivity index is 1.74. The first-order chi connectivity index (χ1) is 8.81. The van der Waals surface area contributed by atoms with Crippen molar-refractivity contribution in [3.8, 4) is 0 Å². The SMILES string of the molecule is CCCN(C1CNC1)C1CC(=O)N2CCCCC12. The van der Waals surface area contributed by atoms with Gasteiger partial charge in [-0.15, -0.1) is 0 Å². The molecule has 18 heavy (non-hydrogen) atoms. The van der Waals surface area contributed by atoms with Crippen molar-refractivity contribution in [3.05, 3.63) is 0 Å². The summed E-state index contributed by atoms with van der Waals surface area (Å²) in [6.45, 7) is 6.61. The molecule has 3 aliphatic rings.